The lowest BCUT2D eigenvalue weighted by atomic mass is 9.94. The fourth-order valence-corrected chi connectivity index (χ4v) is 3.03. The summed E-state index contributed by atoms with van der Waals surface area (Å²) in [5.41, 5.74) is 0.288. The molecule has 2 fully saturated rings. The third-order valence-corrected chi connectivity index (χ3v) is 4.18. The first-order chi connectivity index (χ1) is 7.48. The van der Waals surface area contributed by atoms with Gasteiger partial charge in [-0.15, -0.1) is 0 Å². The highest BCUT2D eigenvalue weighted by Crippen LogP contribution is 2.23. The molecular formula is C13H27N3. The normalized spacial score (nSPS) is 34.1. The van der Waals surface area contributed by atoms with E-state index in [1.807, 2.05) is 0 Å². The highest BCUT2D eigenvalue weighted by molar-refractivity contribution is 4.94. The van der Waals surface area contributed by atoms with Gasteiger partial charge in [-0.1, -0.05) is 0 Å². The molecule has 0 amide bonds. The molecule has 1 unspecified atom stereocenters. The van der Waals surface area contributed by atoms with E-state index in [2.05, 4.69) is 42.9 Å². The van der Waals surface area contributed by atoms with E-state index in [0.29, 0.717) is 6.04 Å². The van der Waals surface area contributed by atoms with Gasteiger partial charge < -0.3 is 10.2 Å². The molecule has 2 saturated heterocycles. The lowest BCUT2D eigenvalue weighted by Gasteiger charge is -2.48. The molecule has 94 valence electrons. The smallest absolute Gasteiger partial charge is 0.0253 e. The van der Waals surface area contributed by atoms with Crippen LogP contribution in [0.4, 0.5) is 0 Å². The Balaban J connectivity index is 1.96. The Labute approximate surface area is 100 Å². The molecule has 2 aliphatic heterocycles. The van der Waals surface area contributed by atoms with Gasteiger partial charge in [0.1, 0.15) is 0 Å². The van der Waals surface area contributed by atoms with Crippen molar-refractivity contribution in [2.45, 2.75) is 51.2 Å². The molecule has 0 aromatic rings. The second-order valence-electron chi connectivity index (χ2n) is 6.32. The fraction of sp³-hybridized carbons (Fsp3) is 1.00. The Morgan fingerprint density at radius 1 is 1.19 bits per heavy atom. The van der Waals surface area contributed by atoms with E-state index in [0.717, 1.165) is 12.6 Å². The summed E-state index contributed by atoms with van der Waals surface area (Å²) in [5.74, 6) is 0. The van der Waals surface area contributed by atoms with Crippen molar-refractivity contribution in [1.29, 1.82) is 0 Å². The van der Waals surface area contributed by atoms with Crippen LogP contribution >= 0.6 is 0 Å². The number of rotatable bonds is 1. The molecule has 0 bridgehead atoms. The first-order valence-corrected chi connectivity index (χ1v) is 6.67. The number of likely N-dealkylation sites (tertiary alicyclic amines) is 1. The van der Waals surface area contributed by atoms with Crippen molar-refractivity contribution < 1.29 is 0 Å². The van der Waals surface area contributed by atoms with E-state index >= 15 is 0 Å². The third-order valence-electron chi connectivity index (χ3n) is 4.18. The molecule has 0 spiro atoms. The lowest BCUT2D eigenvalue weighted by Crippen LogP contribution is -2.64. The quantitative estimate of drug-likeness (QED) is 0.722. The molecule has 0 aliphatic carbocycles. The predicted octanol–water partition coefficient (Wildman–Crippen LogP) is 1.15. The zero-order chi connectivity index (χ0) is 11.8. The van der Waals surface area contributed by atoms with Gasteiger partial charge in [-0.2, -0.15) is 0 Å². The van der Waals surface area contributed by atoms with Gasteiger partial charge in [-0.05, 0) is 53.8 Å². The molecule has 2 heterocycles. The summed E-state index contributed by atoms with van der Waals surface area (Å²) < 4.78 is 0. The van der Waals surface area contributed by atoms with Crippen LogP contribution in [0, 0.1) is 0 Å². The number of nitrogens with zero attached hydrogens (tertiary/aromatic N) is 2. The first kappa shape index (κ1) is 12.3. The van der Waals surface area contributed by atoms with E-state index in [1.54, 1.807) is 0 Å². The van der Waals surface area contributed by atoms with Crippen molar-refractivity contribution in [3.05, 3.63) is 0 Å². The van der Waals surface area contributed by atoms with Gasteiger partial charge in [0.2, 0.25) is 0 Å². The Kier molecular flexibility index (Phi) is 3.57. The van der Waals surface area contributed by atoms with Crippen LogP contribution < -0.4 is 5.32 Å². The fourth-order valence-electron chi connectivity index (χ4n) is 3.03. The molecule has 0 aromatic carbocycles. The van der Waals surface area contributed by atoms with Crippen LogP contribution in [0.3, 0.4) is 0 Å². The van der Waals surface area contributed by atoms with Crippen molar-refractivity contribution in [2.75, 3.05) is 33.2 Å². The van der Waals surface area contributed by atoms with Crippen molar-refractivity contribution in [3.8, 4) is 0 Å². The van der Waals surface area contributed by atoms with Crippen LogP contribution in [-0.4, -0.2) is 60.6 Å². The molecule has 0 saturated carbocycles. The molecule has 2 aliphatic rings. The zero-order valence-corrected chi connectivity index (χ0v) is 11.3. The predicted molar refractivity (Wildman–Crippen MR) is 68.8 cm³/mol. The van der Waals surface area contributed by atoms with Crippen LogP contribution in [0.25, 0.3) is 0 Å². The average Bonchev–Trinajstić information content (AvgIpc) is 2.23. The average molecular weight is 225 g/mol. The van der Waals surface area contributed by atoms with Gasteiger partial charge in [0.05, 0.1) is 0 Å². The minimum Gasteiger partial charge on any atom is -0.309 e. The van der Waals surface area contributed by atoms with Crippen molar-refractivity contribution in [3.63, 3.8) is 0 Å². The van der Waals surface area contributed by atoms with Crippen LogP contribution in [0.2, 0.25) is 0 Å². The number of piperidine rings is 1. The first-order valence-electron chi connectivity index (χ1n) is 6.67. The molecule has 1 atom stereocenters. The molecule has 16 heavy (non-hydrogen) atoms. The van der Waals surface area contributed by atoms with Crippen LogP contribution in [0.15, 0.2) is 0 Å². The van der Waals surface area contributed by atoms with E-state index in [4.69, 9.17) is 0 Å². The lowest BCUT2D eigenvalue weighted by molar-refractivity contribution is 0.0340. The second-order valence-corrected chi connectivity index (χ2v) is 6.32. The zero-order valence-electron chi connectivity index (χ0n) is 11.3. The van der Waals surface area contributed by atoms with Crippen LogP contribution in [0.1, 0.15) is 33.6 Å². The summed E-state index contributed by atoms with van der Waals surface area (Å²) in [5, 5.41) is 3.63. The maximum atomic E-state index is 3.63. The standard InChI is InChI=1S/C13H27N3/c1-11-9-14-13(2,3)10-16(11)12-5-7-15(4)8-6-12/h11-12,14H,5-10H2,1-4H3. The maximum absolute atomic E-state index is 3.63. The number of hydrogen-bond acceptors (Lipinski definition) is 3. The Hall–Kier alpha value is -0.120. The third kappa shape index (κ3) is 2.76. The summed E-state index contributed by atoms with van der Waals surface area (Å²) in [6, 6.07) is 1.51. The van der Waals surface area contributed by atoms with Crippen molar-refractivity contribution in [2.24, 2.45) is 0 Å². The topological polar surface area (TPSA) is 18.5 Å². The highest BCUT2D eigenvalue weighted by atomic mass is 15.3. The summed E-state index contributed by atoms with van der Waals surface area (Å²) in [6.45, 7) is 11.9. The number of hydrogen-bond donors (Lipinski definition) is 1. The Morgan fingerprint density at radius 2 is 1.81 bits per heavy atom. The van der Waals surface area contributed by atoms with Crippen LogP contribution in [-0.2, 0) is 0 Å². The van der Waals surface area contributed by atoms with Gasteiger partial charge in [-0.25, -0.2) is 0 Å². The van der Waals surface area contributed by atoms with Gasteiger partial charge in [0.25, 0.3) is 0 Å². The number of piperazine rings is 1. The number of nitrogens with one attached hydrogen (secondary N) is 1. The minimum absolute atomic E-state index is 0.288. The monoisotopic (exact) mass is 225 g/mol. The molecule has 3 heteroatoms. The van der Waals surface area contributed by atoms with E-state index in [9.17, 15) is 0 Å². The van der Waals surface area contributed by atoms with Gasteiger partial charge >= 0.3 is 0 Å². The molecule has 0 aromatic heterocycles. The van der Waals surface area contributed by atoms with E-state index in [1.165, 1.54) is 32.5 Å². The van der Waals surface area contributed by atoms with Gasteiger partial charge in [0, 0.05) is 30.7 Å². The van der Waals surface area contributed by atoms with E-state index in [-0.39, 0.29) is 5.54 Å². The Morgan fingerprint density at radius 3 is 2.44 bits per heavy atom. The van der Waals surface area contributed by atoms with Crippen molar-refractivity contribution >= 4 is 0 Å². The second kappa shape index (κ2) is 4.63. The summed E-state index contributed by atoms with van der Waals surface area (Å²) in [7, 11) is 2.24. The van der Waals surface area contributed by atoms with Crippen LogP contribution in [0.5, 0.6) is 0 Å². The van der Waals surface area contributed by atoms with Crippen molar-refractivity contribution in [1.82, 2.24) is 15.1 Å². The molecule has 1 N–H and O–H groups in total. The molecule has 0 radical (unpaired) electrons. The maximum Gasteiger partial charge on any atom is 0.0253 e. The molecule has 3 nitrogen and oxygen atoms in total. The minimum atomic E-state index is 0.288. The SMILES string of the molecule is CC1CNC(C)(C)CN1C1CCN(C)CC1. The highest BCUT2D eigenvalue weighted by Gasteiger charge is 2.35. The largest absolute Gasteiger partial charge is 0.309 e. The molecular weight excluding hydrogens is 198 g/mol. The summed E-state index contributed by atoms with van der Waals surface area (Å²) in [6.07, 6.45) is 2.69. The van der Waals surface area contributed by atoms with Gasteiger partial charge in [-0.3, -0.25) is 4.90 Å². The molecule has 2 rings (SSSR count). The van der Waals surface area contributed by atoms with Gasteiger partial charge in [0.15, 0.2) is 0 Å². The summed E-state index contributed by atoms with van der Waals surface area (Å²) in [4.78, 5) is 5.19. The Bertz CT molecular complexity index is 231. The van der Waals surface area contributed by atoms with E-state index < -0.39 is 0 Å². The summed E-state index contributed by atoms with van der Waals surface area (Å²) >= 11 is 0.